The van der Waals surface area contributed by atoms with Gasteiger partial charge in [0, 0.05) is 33.7 Å². The molecule has 4 rings (SSSR count). The summed E-state index contributed by atoms with van der Waals surface area (Å²) in [6, 6.07) is 16.3. The molecule has 2 aromatic heterocycles. The number of aromatic hydroxyl groups is 1. The lowest BCUT2D eigenvalue weighted by molar-refractivity contribution is -0.118. The van der Waals surface area contributed by atoms with Crippen LogP contribution in [0.5, 0.6) is 11.5 Å². The van der Waals surface area contributed by atoms with Crippen molar-refractivity contribution in [1.82, 2.24) is 25.2 Å². The SMILES string of the molecule is COc1cc(C(C)=NNC(=O)CSc2nnc(-c3cccnc3)n2-c2ccc(Br)cc2)ccc1O. The van der Waals surface area contributed by atoms with Gasteiger partial charge in [-0.05, 0) is 61.5 Å². The molecule has 178 valence electrons. The maximum Gasteiger partial charge on any atom is 0.250 e. The molecule has 0 fully saturated rings. The summed E-state index contributed by atoms with van der Waals surface area (Å²) in [5.41, 5.74) is 5.51. The van der Waals surface area contributed by atoms with E-state index in [4.69, 9.17) is 4.74 Å². The number of hydrogen-bond acceptors (Lipinski definition) is 8. The number of thioether (sulfide) groups is 1. The molecule has 2 aromatic carbocycles. The molecule has 0 unspecified atom stereocenters. The van der Waals surface area contributed by atoms with E-state index < -0.39 is 0 Å². The Morgan fingerprint density at radius 1 is 1.20 bits per heavy atom. The molecule has 0 saturated carbocycles. The van der Waals surface area contributed by atoms with Gasteiger partial charge in [0.25, 0.3) is 5.91 Å². The quantitative estimate of drug-likeness (QED) is 0.188. The van der Waals surface area contributed by atoms with E-state index in [1.165, 1.54) is 24.9 Å². The molecule has 0 aliphatic heterocycles. The number of hydrazone groups is 1. The van der Waals surface area contributed by atoms with E-state index in [0.29, 0.717) is 28.0 Å². The first-order valence-corrected chi connectivity index (χ1v) is 12.2. The number of halogens is 1. The Morgan fingerprint density at radius 3 is 2.71 bits per heavy atom. The Kier molecular flexibility index (Phi) is 7.78. The average molecular weight is 553 g/mol. The minimum absolute atomic E-state index is 0.0324. The minimum Gasteiger partial charge on any atom is -0.504 e. The molecule has 0 aliphatic carbocycles. The first kappa shape index (κ1) is 24.4. The fraction of sp³-hybridized carbons (Fsp3) is 0.125. The fourth-order valence-corrected chi connectivity index (χ4v) is 4.15. The number of nitrogens with zero attached hydrogens (tertiary/aromatic N) is 5. The number of ether oxygens (including phenoxy) is 1. The third-order valence-corrected chi connectivity index (χ3v) is 6.37. The number of amides is 1. The summed E-state index contributed by atoms with van der Waals surface area (Å²) >= 11 is 4.71. The van der Waals surface area contributed by atoms with Gasteiger partial charge in [-0.1, -0.05) is 27.7 Å². The van der Waals surface area contributed by atoms with Gasteiger partial charge >= 0.3 is 0 Å². The summed E-state index contributed by atoms with van der Waals surface area (Å²) in [5, 5.41) is 23.1. The second-order valence-corrected chi connectivity index (χ2v) is 9.13. The van der Waals surface area contributed by atoms with Crippen molar-refractivity contribution >= 4 is 39.3 Å². The first-order valence-electron chi connectivity index (χ1n) is 10.4. The molecule has 0 radical (unpaired) electrons. The fourth-order valence-electron chi connectivity index (χ4n) is 3.14. The normalized spacial score (nSPS) is 11.3. The van der Waals surface area contributed by atoms with Gasteiger partial charge in [-0.15, -0.1) is 10.2 Å². The smallest absolute Gasteiger partial charge is 0.250 e. The minimum atomic E-state index is -0.298. The van der Waals surface area contributed by atoms with Crippen LogP contribution in [-0.2, 0) is 4.79 Å². The number of phenolic OH excluding ortho intramolecular Hbond substituents is 1. The highest BCUT2D eigenvalue weighted by Crippen LogP contribution is 2.29. The number of benzene rings is 2. The standard InChI is InChI=1S/C24H21BrN6O3S/c1-15(16-5-10-20(32)21(12-16)34-2)27-28-22(33)14-35-24-30-29-23(17-4-3-11-26-13-17)31(24)19-8-6-18(25)7-9-19/h3-13,32H,14H2,1-2H3,(H,28,33). The second-order valence-electron chi connectivity index (χ2n) is 7.27. The summed E-state index contributed by atoms with van der Waals surface area (Å²) in [6.07, 6.45) is 3.41. The van der Waals surface area contributed by atoms with E-state index in [0.717, 1.165) is 15.7 Å². The van der Waals surface area contributed by atoms with Crippen LogP contribution in [0.3, 0.4) is 0 Å². The highest BCUT2D eigenvalue weighted by Gasteiger charge is 2.17. The lowest BCUT2D eigenvalue weighted by Gasteiger charge is -2.10. The van der Waals surface area contributed by atoms with E-state index in [2.05, 4.69) is 41.6 Å². The van der Waals surface area contributed by atoms with Crippen LogP contribution in [0.15, 0.2) is 81.7 Å². The van der Waals surface area contributed by atoms with Crippen LogP contribution in [0, 0.1) is 0 Å². The van der Waals surface area contributed by atoms with Gasteiger partial charge < -0.3 is 9.84 Å². The van der Waals surface area contributed by atoms with Crippen molar-refractivity contribution in [1.29, 1.82) is 0 Å². The molecule has 11 heteroatoms. The van der Waals surface area contributed by atoms with Crippen LogP contribution < -0.4 is 10.2 Å². The number of nitrogens with one attached hydrogen (secondary N) is 1. The van der Waals surface area contributed by atoms with Crippen LogP contribution in [-0.4, -0.2) is 49.3 Å². The maximum atomic E-state index is 12.5. The van der Waals surface area contributed by atoms with E-state index >= 15 is 0 Å². The predicted molar refractivity (Wildman–Crippen MR) is 138 cm³/mol. The molecular weight excluding hydrogens is 532 g/mol. The van der Waals surface area contributed by atoms with Gasteiger partial charge in [-0.3, -0.25) is 14.3 Å². The zero-order chi connectivity index (χ0) is 24.8. The lowest BCUT2D eigenvalue weighted by atomic mass is 10.1. The first-order chi connectivity index (χ1) is 17.0. The zero-order valence-corrected chi connectivity index (χ0v) is 21.2. The summed E-state index contributed by atoms with van der Waals surface area (Å²) in [6.45, 7) is 1.75. The van der Waals surface area contributed by atoms with Gasteiger partial charge in [-0.2, -0.15) is 5.10 Å². The number of pyridine rings is 1. The number of phenols is 1. The van der Waals surface area contributed by atoms with Crippen LogP contribution >= 0.6 is 27.7 Å². The highest BCUT2D eigenvalue weighted by atomic mass is 79.9. The number of hydrogen-bond donors (Lipinski definition) is 2. The van der Waals surface area contributed by atoms with Gasteiger partial charge in [-0.25, -0.2) is 5.43 Å². The third-order valence-electron chi connectivity index (χ3n) is 4.92. The summed E-state index contributed by atoms with van der Waals surface area (Å²) in [7, 11) is 1.47. The molecule has 0 saturated heterocycles. The molecule has 1 amide bonds. The van der Waals surface area contributed by atoms with Crippen molar-refractivity contribution in [3.8, 4) is 28.6 Å². The molecule has 2 heterocycles. The Bertz CT molecular complexity index is 1360. The van der Waals surface area contributed by atoms with Crippen LogP contribution in [0.25, 0.3) is 17.1 Å². The van der Waals surface area contributed by atoms with Crippen LogP contribution in [0.2, 0.25) is 0 Å². The molecular formula is C24H21BrN6O3S. The lowest BCUT2D eigenvalue weighted by Crippen LogP contribution is -2.21. The second kappa shape index (κ2) is 11.2. The Balaban J connectivity index is 1.50. The van der Waals surface area contributed by atoms with E-state index in [1.54, 1.807) is 31.5 Å². The number of carbonyl (C=O) groups is 1. The van der Waals surface area contributed by atoms with E-state index in [1.807, 2.05) is 41.0 Å². The highest BCUT2D eigenvalue weighted by molar-refractivity contribution is 9.10. The van der Waals surface area contributed by atoms with Crippen molar-refractivity contribution < 1.29 is 14.6 Å². The van der Waals surface area contributed by atoms with Crippen molar-refractivity contribution in [2.75, 3.05) is 12.9 Å². The van der Waals surface area contributed by atoms with E-state index in [9.17, 15) is 9.90 Å². The summed E-state index contributed by atoms with van der Waals surface area (Å²) < 4.78 is 7.96. The van der Waals surface area contributed by atoms with Crippen molar-refractivity contribution in [3.63, 3.8) is 0 Å². The molecule has 35 heavy (non-hydrogen) atoms. The Morgan fingerprint density at radius 2 is 2.00 bits per heavy atom. The number of carbonyl (C=O) groups excluding carboxylic acids is 1. The van der Waals surface area contributed by atoms with Gasteiger partial charge in [0.15, 0.2) is 22.5 Å². The predicted octanol–water partition coefficient (Wildman–Crippen LogP) is 4.44. The molecule has 0 aliphatic rings. The van der Waals surface area contributed by atoms with E-state index in [-0.39, 0.29) is 17.4 Å². The maximum absolute atomic E-state index is 12.5. The van der Waals surface area contributed by atoms with Gasteiger partial charge in [0.1, 0.15) is 0 Å². The topological polar surface area (TPSA) is 115 Å². The van der Waals surface area contributed by atoms with Gasteiger partial charge in [0.05, 0.1) is 18.6 Å². The van der Waals surface area contributed by atoms with Gasteiger partial charge in [0.2, 0.25) is 0 Å². The zero-order valence-electron chi connectivity index (χ0n) is 18.8. The molecule has 2 N–H and O–H groups in total. The molecule has 4 aromatic rings. The number of aromatic nitrogens is 4. The number of rotatable bonds is 8. The molecule has 9 nitrogen and oxygen atoms in total. The molecule has 0 bridgehead atoms. The van der Waals surface area contributed by atoms with Crippen LogP contribution in [0.4, 0.5) is 0 Å². The number of methoxy groups -OCH3 is 1. The van der Waals surface area contributed by atoms with Crippen molar-refractivity contribution in [2.24, 2.45) is 5.10 Å². The summed E-state index contributed by atoms with van der Waals surface area (Å²) in [4.78, 5) is 16.7. The third kappa shape index (κ3) is 5.87. The average Bonchev–Trinajstić information content (AvgIpc) is 3.31. The van der Waals surface area contributed by atoms with Crippen LogP contribution in [0.1, 0.15) is 12.5 Å². The monoisotopic (exact) mass is 552 g/mol. The molecule has 0 spiro atoms. The summed E-state index contributed by atoms with van der Waals surface area (Å²) in [5.74, 6) is 0.768. The Hall–Kier alpha value is -3.70. The van der Waals surface area contributed by atoms with Crippen molar-refractivity contribution in [2.45, 2.75) is 12.1 Å². The largest absolute Gasteiger partial charge is 0.504 e. The molecule has 0 atom stereocenters. The van der Waals surface area contributed by atoms with Crippen molar-refractivity contribution in [3.05, 3.63) is 77.0 Å². The Labute approximate surface area is 214 Å².